The molecule has 0 aromatic heterocycles. The lowest BCUT2D eigenvalue weighted by molar-refractivity contribution is -0.394. The zero-order valence-electron chi connectivity index (χ0n) is 11.3. The molecular weight excluding hydrogens is 331 g/mol. The van der Waals surface area contributed by atoms with Crippen molar-refractivity contribution in [1.82, 2.24) is 0 Å². The summed E-state index contributed by atoms with van der Waals surface area (Å²) in [5.41, 5.74) is -1.38. The first kappa shape index (κ1) is 16.4. The van der Waals surface area contributed by atoms with Crippen LogP contribution in [0.2, 0.25) is 0 Å². The Hall–Kier alpha value is -2.97. The molecule has 0 amide bonds. The number of nitrogens with zero attached hydrogens (tertiary/aromatic N) is 2. The Bertz CT molecular complexity index is 795. The van der Waals surface area contributed by atoms with Crippen LogP contribution in [-0.4, -0.2) is 14.7 Å². The van der Waals surface area contributed by atoms with E-state index in [9.17, 15) is 29.7 Å². The van der Waals surface area contributed by atoms with Crippen molar-refractivity contribution in [2.24, 2.45) is 0 Å². The number of benzene rings is 2. The van der Waals surface area contributed by atoms with Crippen LogP contribution in [0.3, 0.4) is 0 Å². The number of nitro groups is 2. The highest BCUT2D eigenvalue weighted by Gasteiger charge is 2.30. The molecule has 0 radical (unpaired) electrons. The van der Waals surface area contributed by atoms with E-state index >= 15 is 0 Å². The second kappa shape index (κ2) is 6.42. The average molecular weight is 340 g/mol. The Morgan fingerprint density at radius 1 is 0.957 bits per heavy atom. The van der Waals surface area contributed by atoms with E-state index in [1.807, 2.05) is 0 Å². The van der Waals surface area contributed by atoms with Crippen molar-refractivity contribution in [3.63, 3.8) is 0 Å². The number of nitro benzene ring substituents is 2. The minimum absolute atomic E-state index is 0.0166. The van der Waals surface area contributed by atoms with Gasteiger partial charge in [0.1, 0.15) is 5.75 Å². The van der Waals surface area contributed by atoms with Crippen molar-refractivity contribution in [2.45, 2.75) is 0 Å². The lowest BCUT2D eigenvalue weighted by Crippen LogP contribution is -2.02. The van der Waals surface area contributed by atoms with Gasteiger partial charge in [0.25, 0.3) is 5.69 Å². The fraction of sp³-hybridized carbons (Fsp3) is 0. The second-order valence-electron chi connectivity index (χ2n) is 4.13. The Balaban J connectivity index is 2.29. The molecule has 120 valence electrons. The van der Waals surface area contributed by atoms with Crippen LogP contribution >= 0.6 is 7.82 Å². The van der Waals surface area contributed by atoms with E-state index in [1.54, 1.807) is 18.2 Å². The number of hydrogen-bond donors (Lipinski definition) is 1. The summed E-state index contributed by atoms with van der Waals surface area (Å²) in [6.07, 6.45) is 0. The van der Waals surface area contributed by atoms with Crippen LogP contribution in [0.25, 0.3) is 0 Å². The SMILES string of the molecule is O=[N+]([O-])c1ccc(OP(=O)(O)Oc2ccccc2)c([N+](=O)[O-])c1. The maximum absolute atomic E-state index is 11.9. The summed E-state index contributed by atoms with van der Waals surface area (Å²) in [5, 5.41) is 21.6. The molecule has 0 aliphatic rings. The predicted molar refractivity (Wildman–Crippen MR) is 77.3 cm³/mol. The van der Waals surface area contributed by atoms with Crippen LogP contribution in [0.5, 0.6) is 11.5 Å². The minimum atomic E-state index is -4.72. The van der Waals surface area contributed by atoms with Crippen molar-refractivity contribution >= 4 is 19.2 Å². The largest absolute Gasteiger partial charge is 0.585 e. The molecule has 23 heavy (non-hydrogen) atoms. The van der Waals surface area contributed by atoms with Gasteiger partial charge in [-0.05, 0) is 18.2 Å². The molecular formula is C12H9N2O8P. The minimum Gasteiger partial charge on any atom is -0.395 e. The first-order valence-corrected chi connectivity index (χ1v) is 7.48. The Kier molecular flexibility index (Phi) is 4.58. The van der Waals surface area contributed by atoms with Gasteiger partial charge in [-0.2, -0.15) is 0 Å². The summed E-state index contributed by atoms with van der Waals surface area (Å²) in [5.74, 6) is -0.606. The van der Waals surface area contributed by atoms with Gasteiger partial charge in [-0.25, -0.2) is 4.57 Å². The third-order valence-corrected chi connectivity index (χ3v) is 3.40. The van der Waals surface area contributed by atoms with Crippen LogP contribution in [0.1, 0.15) is 0 Å². The lowest BCUT2D eigenvalue weighted by Gasteiger charge is -2.13. The first-order valence-electron chi connectivity index (χ1n) is 5.98. The van der Waals surface area contributed by atoms with Crippen LogP contribution in [0, 0.1) is 20.2 Å². The molecule has 1 atom stereocenters. The van der Waals surface area contributed by atoms with Crippen molar-refractivity contribution < 1.29 is 28.4 Å². The van der Waals surface area contributed by atoms with Gasteiger partial charge in [0.05, 0.1) is 15.9 Å². The third kappa shape index (κ3) is 4.25. The smallest absolute Gasteiger partial charge is 0.395 e. The Labute approximate surface area is 128 Å². The molecule has 0 saturated heterocycles. The zero-order valence-corrected chi connectivity index (χ0v) is 12.2. The highest BCUT2D eigenvalue weighted by Crippen LogP contribution is 2.47. The van der Waals surface area contributed by atoms with Gasteiger partial charge in [-0.1, -0.05) is 18.2 Å². The van der Waals surface area contributed by atoms with Gasteiger partial charge in [-0.3, -0.25) is 25.1 Å². The van der Waals surface area contributed by atoms with Crippen molar-refractivity contribution in [3.05, 3.63) is 68.8 Å². The van der Waals surface area contributed by atoms with Gasteiger partial charge < -0.3 is 9.05 Å². The van der Waals surface area contributed by atoms with Crippen LogP contribution in [0.15, 0.2) is 48.5 Å². The van der Waals surface area contributed by atoms with Gasteiger partial charge in [0.15, 0.2) is 0 Å². The summed E-state index contributed by atoms with van der Waals surface area (Å²) in [4.78, 5) is 29.4. The van der Waals surface area contributed by atoms with Crippen molar-refractivity contribution in [2.75, 3.05) is 0 Å². The summed E-state index contributed by atoms with van der Waals surface area (Å²) in [6.45, 7) is 0. The van der Waals surface area contributed by atoms with Crippen molar-refractivity contribution in [1.29, 1.82) is 0 Å². The number of non-ortho nitro benzene ring substituents is 1. The maximum atomic E-state index is 11.9. The molecule has 1 N–H and O–H groups in total. The normalized spacial score (nSPS) is 12.9. The molecule has 2 rings (SSSR count). The highest BCUT2D eigenvalue weighted by molar-refractivity contribution is 7.48. The van der Waals surface area contributed by atoms with Gasteiger partial charge in [-0.15, -0.1) is 0 Å². The van der Waals surface area contributed by atoms with E-state index in [2.05, 4.69) is 4.52 Å². The van der Waals surface area contributed by atoms with Crippen LogP contribution in [-0.2, 0) is 4.57 Å². The van der Waals surface area contributed by atoms with E-state index in [0.29, 0.717) is 6.07 Å². The third-order valence-electron chi connectivity index (χ3n) is 2.53. The molecule has 10 nitrogen and oxygen atoms in total. The molecule has 0 fully saturated rings. The van der Waals surface area contributed by atoms with E-state index in [1.165, 1.54) is 12.1 Å². The molecule has 11 heteroatoms. The summed E-state index contributed by atoms with van der Waals surface area (Å²) >= 11 is 0. The molecule has 2 aromatic rings. The summed E-state index contributed by atoms with van der Waals surface area (Å²) in [7, 11) is -4.72. The van der Waals surface area contributed by atoms with Crippen LogP contribution in [0.4, 0.5) is 11.4 Å². The van der Waals surface area contributed by atoms with Crippen molar-refractivity contribution in [3.8, 4) is 11.5 Å². The molecule has 0 heterocycles. The highest BCUT2D eigenvalue weighted by atomic mass is 31.2. The van der Waals surface area contributed by atoms with Crippen LogP contribution < -0.4 is 9.05 Å². The fourth-order valence-corrected chi connectivity index (χ4v) is 2.43. The molecule has 0 aliphatic heterocycles. The average Bonchev–Trinajstić information content (AvgIpc) is 2.47. The van der Waals surface area contributed by atoms with E-state index in [0.717, 1.165) is 12.1 Å². The topological polar surface area (TPSA) is 142 Å². The number of phosphoric ester groups is 1. The number of phosphoric acid groups is 1. The number of para-hydroxylation sites is 1. The monoisotopic (exact) mass is 340 g/mol. The summed E-state index contributed by atoms with van der Waals surface area (Å²) < 4.78 is 21.3. The van der Waals surface area contributed by atoms with Gasteiger partial charge in [0.2, 0.25) is 5.75 Å². The molecule has 2 aromatic carbocycles. The van der Waals surface area contributed by atoms with E-state index in [4.69, 9.17) is 4.52 Å². The maximum Gasteiger partial charge on any atom is 0.585 e. The molecule has 1 unspecified atom stereocenters. The zero-order chi connectivity index (χ0) is 17.0. The molecule has 0 saturated carbocycles. The quantitative estimate of drug-likeness (QED) is 0.480. The Morgan fingerprint density at radius 2 is 1.61 bits per heavy atom. The predicted octanol–water partition coefficient (Wildman–Crippen LogP) is 3.06. The lowest BCUT2D eigenvalue weighted by atomic mass is 10.2. The molecule has 0 aliphatic carbocycles. The second-order valence-corrected chi connectivity index (χ2v) is 5.43. The van der Waals surface area contributed by atoms with E-state index in [-0.39, 0.29) is 5.75 Å². The number of hydrogen-bond acceptors (Lipinski definition) is 7. The summed E-state index contributed by atoms with van der Waals surface area (Å²) in [6, 6.07) is 9.90. The molecule has 0 spiro atoms. The fourth-order valence-electron chi connectivity index (χ4n) is 1.60. The standard InChI is InChI=1S/C12H9N2O8P/c15-13(16)9-6-7-12(11(8-9)14(17)18)22-23(19,20)21-10-4-2-1-3-5-10/h1-8H,(H,19,20). The number of rotatable bonds is 6. The molecule has 0 bridgehead atoms. The van der Waals surface area contributed by atoms with Gasteiger partial charge in [0, 0.05) is 6.07 Å². The first-order chi connectivity index (χ1) is 10.8. The van der Waals surface area contributed by atoms with E-state index < -0.39 is 34.8 Å². The Morgan fingerprint density at radius 3 is 2.17 bits per heavy atom. The van der Waals surface area contributed by atoms with Gasteiger partial charge >= 0.3 is 13.5 Å².